The van der Waals surface area contributed by atoms with Crippen LogP contribution in [0, 0.1) is 13.8 Å². The average molecular weight is 579 g/mol. The van der Waals surface area contributed by atoms with Crippen molar-refractivity contribution < 1.29 is 22.4 Å². The summed E-state index contributed by atoms with van der Waals surface area (Å²) in [6.07, 6.45) is -2.58. The zero-order chi connectivity index (χ0) is 29.6. The van der Waals surface area contributed by atoms with Crippen molar-refractivity contribution >= 4 is 17.6 Å². The summed E-state index contributed by atoms with van der Waals surface area (Å²) in [6, 6.07) is 14.6. The number of oxazole rings is 1. The number of aromatic nitrogens is 3. The van der Waals surface area contributed by atoms with Crippen LogP contribution in [0.2, 0.25) is 0 Å². The van der Waals surface area contributed by atoms with E-state index >= 15 is 0 Å². The van der Waals surface area contributed by atoms with Crippen molar-refractivity contribution in [3.63, 3.8) is 0 Å². The summed E-state index contributed by atoms with van der Waals surface area (Å²) in [6.45, 7) is 8.06. The molecule has 4 heterocycles. The van der Waals surface area contributed by atoms with Crippen LogP contribution in [0.3, 0.4) is 0 Å². The number of hydrogen-bond donors (Lipinski definition) is 0. The van der Waals surface area contributed by atoms with Crippen LogP contribution in [0.25, 0.3) is 11.3 Å². The second-order valence-electron chi connectivity index (χ2n) is 11.1. The van der Waals surface area contributed by atoms with Crippen molar-refractivity contribution in [3.8, 4) is 11.3 Å². The molecule has 1 saturated heterocycles. The van der Waals surface area contributed by atoms with Gasteiger partial charge in [-0.1, -0.05) is 30.3 Å². The van der Waals surface area contributed by atoms with E-state index in [2.05, 4.69) is 15.0 Å². The molecule has 2 aliphatic rings. The zero-order valence-corrected chi connectivity index (χ0v) is 23.9. The number of halogens is 3. The molecule has 0 spiro atoms. The number of piperazine rings is 1. The highest BCUT2D eigenvalue weighted by molar-refractivity contribution is 5.77. The Balaban J connectivity index is 1.24. The molecule has 220 valence electrons. The maximum absolute atomic E-state index is 14.1. The molecule has 2 aromatic heterocycles. The van der Waals surface area contributed by atoms with Crippen LogP contribution >= 0.6 is 0 Å². The lowest BCUT2D eigenvalue weighted by molar-refractivity contribution is -0.138. The van der Waals surface area contributed by atoms with Crippen LogP contribution < -0.4 is 9.80 Å². The minimum atomic E-state index is -4.45. The Morgan fingerprint density at radius 2 is 1.81 bits per heavy atom. The molecule has 0 saturated carbocycles. The van der Waals surface area contributed by atoms with Gasteiger partial charge in [-0.15, -0.1) is 0 Å². The van der Waals surface area contributed by atoms with Crippen molar-refractivity contribution in [3.05, 3.63) is 82.8 Å². The number of fused-ring (bicyclic) bond motifs is 1. The number of amides is 1. The maximum atomic E-state index is 14.1. The molecular formula is C31H33F3N6O2. The van der Waals surface area contributed by atoms with Gasteiger partial charge in [-0.25, -0.2) is 4.98 Å². The molecule has 2 aromatic carbocycles. The maximum Gasteiger partial charge on any atom is 0.416 e. The normalized spacial score (nSPS) is 17.5. The lowest BCUT2D eigenvalue weighted by Crippen LogP contribution is -2.55. The summed E-state index contributed by atoms with van der Waals surface area (Å²) >= 11 is 0. The Kier molecular flexibility index (Phi) is 7.20. The van der Waals surface area contributed by atoms with Crippen molar-refractivity contribution in [1.29, 1.82) is 0 Å². The summed E-state index contributed by atoms with van der Waals surface area (Å²) < 4.78 is 50.0. The molecule has 42 heavy (non-hydrogen) atoms. The minimum Gasteiger partial charge on any atom is -0.423 e. The highest BCUT2D eigenvalue weighted by Gasteiger charge is 2.38. The van der Waals surface area contributed by atoms with Gasteiger partial charge in [0, 0.05) is 55.7 Å². The van der Waals surface area contributed by atoms with Crippen LogP contribution in [-0.4, -0.2) is 57.8 Å². The van der Waals surface area contributed by atoms with Gasteiger partial charge >= 0.3 is 6.18 Å². The van der Waals surface area contributed by atoms with Gasteiger partial charge < -0.3 is 19.1 Å². The third-order valence-corrected chi connectivity index (χ3v) is 8.19. The quantitative estimate of drug-likeness (QED) is 0.313. The largest absolute Gasteiger partial charge is 0.423 e. The van der Waals surface area contributed by atoms with E-state index in [1.165, 1.54) is 6.07 Å². The van der Waals surface area contributed by atoms with E-state index in [-0.39, 0.29) is 31.5 Å². The summed E-state index contributed by atoms with van der Waals surface area (Å²) in [4.78, 5) is 23.5. The summed E-state index contributed by atoms with van der Waals surface area (Å²) in [5.74, 6) is 0.586. The van der Waals surface area contributed by atoms with Crippen molar-refractivity contribution in [2.45, 2.75) is 52.5 Å². The number of anilines is 2. The van der Waals surface area contributed by atoms with Crippen LogP contribution in [0.5, 0.6) is 0 Å². The topological polar surface area (TPSA) is 70.6 Å². The number of carbonyl (C=O) groups is 1. The van der Waals surface area contributed by atoms with E-state index in [9.17, 15) is 18.0 Å². The van der Waals surface area contributed by atoms with Crippen LogP contribution in [-0.2, 0) is 30.5 Å². The third kappa shape index (κ3) is 5.35. The van der Waals surface area contributed by atoms with E-state index in [1.807, 2.05) is 67.0 Å². The molecule has 4 aromatic rings. The van der Waals surface area contributed by atoms with Gasteiger partial charge in [0.2, 0.25) is 5.91 Å². The number of aryl methyl sites for hydroxylation is 2. The fourth-order valence-corrected chi connectivity index (χ4v) is 6.13. The molecule has 0 bridgehead atoms. The Hall–Kier alpha value is -4.28. The lowest BCUT2D eigenvalue weighted by Gasteiger charge is -2.43. The van der Waals surface area contributed by atoms with Crippen molar-refractivity contribution in [2.24, 2.45) is 0 Å². The highest BCUT2D eigenvalue weighted by Crippen LogP contribution is 2.41. The fraction of sp³-hybridized carbons (Fsp3) is 0.387. The van der Waals surface area contributed by atoms with E-state index < -0.39 is 11.7 Å². The SMILES string of the molecule is Cc1cc(C)n(CC(=O)N2CCN(c3ccc(C(F)(F)F)c4c3CN(c3ncc(-c5ccccc5)o3)CC4)C[C@H]2C)n1. The lowest BCUT2D eigenvalue weighted by atomic mass is 9.91. The van der Waals surface area contributed by atoms with Gasteiger partial charge in [0.05, 0.1) is 17.5 Å². The summed E-state index contributed by atoms with van der Waals surface area (Å²) in [5.41, 5.74) is 3.79. The van der Waals surface area contributed by atoms with Crippen LogP contribution in [0.15, 0.2) is 59.1 Å². The number of alkyl halides is 3. The van der Waals surface area contributed by atoms with Gasteiger partial charge in [0.25, 0.3) is 6.01 Å². The number of benzene rings is 2. The average Bonchev–Trinajstić information content (AvgIpc) is 3.58. The van der Waals surface area contributed by atoms with Crippen molar-refractivity contribution in [1.82, 2.24) is 19.7 Å². The monoisotopic (exact) mass is 578 g/mol. The van der Waals surface area contributed by atoms with Crippen LogP contribution in [0.4, 0.5) is 24.9 Å². The summed E-state index contributed by atoms with van der Waals surface area (Å²) in [5, 5.41) is 4.41. The Bertz CT molecular complexity index is 1600. The molecule has 0 N–H and O–H groups in total. The first-order valence-electron chi connectivity index (χ1n) is 14.1. The molecule has 0 aliphatic carbocycles. The highest BCUT2D eigenvalue weighted by atomic mass is 19.4. The zero-order valence-electron chi connectivity index (χ0n) is 23.9. The van der Waals surface area contributed by atoms with E-state index in [4.69, 9.17) is 4.42 Å². The number of nitrogens with zero attached hydrogens (tertiary/aromatic N) is 6. The number of rotatable bonds is 5. The predicted molar refractivity (Wildman–Crippen MR) is 153 cm³/mol. The molecule has 1 fully saturated rings. The van der Waals surface area contributed by atoms with Gasteiger partial charge in [-0.2, -0.15) is 18.3 Å². The molecule has 1 atom stereocenters. The van der Waals surface area contributed by atoms with E-state index in [0.29, 0.717) is 49.1 Å². The molecule has 0 unspecified atom stereocenters. The molecule has 0 radical (unpaired) electrons. The second kappa shape index (κ2) is 10.8. The number of carbonyl (C=O) groups excluding carboxylic acids is 1. The van der Waals surface area contributed by atoms with Gasteiger partial charge in [0.15, 0.2) is 5.76 Å². The first-order valence-corrected chi connectivity index (χ1v) is 14.1. The van der Waals surface area contributed by atoms with E-state index in [1.54, 1.807) is 16.9 Å². The molecule has 2 aliphatic heterocycles. The predicted octanol–water partition coefficient (Wildman–Crippen LogP) is 5.47. The first kappa shape index (κ1) is 27.9. The summed E-state index contributed by atoms with van der Waals surface area (Å²) in [7, 11) is 0. The van der Waals surface area contributed by atoms with Gasteiger partial charge in [-0.3, -0.25) is 9.48 Å². The Labute approximate surface area is 242 Å². The molecule has 8 nitrogen and oxygen atoms in total. The first-order chi connectivity index (χ1) is 20.1. The molecule has 1 amide bonds. The van der Waals surface area contributed by atoms with Gasteiger partial charge in [0.1, 0.15) is 6.54 Å². The minimum absolute atomic E-state index is 0.0212. The molecule has 6 rings (SSSR count). The van der Waals surface area contributed by atoms with E-state index in [0.717, 1.165) is 22.6 Å². The van der Waals surface area contributed by atoms with Crippen LogP contribution in [0.1, 0.15) is 35.0 Å². The molecular weight excluding hydrogens is 545 g/mol. The fourth-order valence-electron chi connectivity index (χ4n) is 6.13. The smallest absolute Gasteiger partial charge is 0.416 e. The Morgan fingerprint density at radius 3 is 2.50 bits per heavy atom. The third-order valence-electron chi connectivity index (χ3n) is 8.19. The van der Waals surface area contributed by atoms with Gasteiger partial charge in [-0.05, 0) is 56.5 Å². The van der Waals surface area contributed by atoms with Crippen molar-refractivity contribution in [2.75, 3.05) is 36.0 Å². The second-order valence-corrected chi connectivity index (χ2v) is 11.1. The Morgan fingerprint density at radius 1 is 1.02 bits per heavy atom. The molecule has 11 heteroatoms. The standard InChI is InChI=1S/C31H33F3N6O2/c1-20-15-21(2)40(36-20)19-29(41)39-14-13-37(17-22(39)3)27-10-9-26(31(32,33)34)24-11-12-38(18-25(24)27)30-35-16-28(42-30)23-7-5-4-6-8-23/h4-10,15-16,22H,11-14,17-19H2,1-3H3/t22-/m1/s1. The number of hydrogen-bond acceptors (Lipinski definition) is 6.